The molecule has 0 saturated carbocycles. The monoisotopic (exact) mass is 366 g/mol. The summed E-state index contributed by atoms with van der Waals surface area (Å²) in [5.74, 6) is -2.78. The number of benzene rings is 2. The summed E-state index contributed by atoms with van der Waals surface area (Å²) >= 11 is 0. The molecule has 25 heavy (non-hydrogen) atoms. The molecule has 3 rings (SSSR count). The van der Waals surface area contributed by atoms with Crippen LogP contribution in [0.4, 0.5) is 14.5 Å². The molecule has 132 valence electrons. The van der Waals surface area contributed by atoms with E-state index in [1.54, 1.807) is 12.1 Å². The van der Waals surface area contributed by atoms with Gasteiger partial charge in [0.2, 0.25) is 15.9 Å². The Bertz CT molecular complexity index is 914. The van der Waals surface area contributed by atoms with Crippen LogP contribution >= 0.6 is 0 Å². The van der Waals surface area contributed by atoms with E-state index in [1.807, 2.05) is 19.1 Å². The Morgan fingerprint density at radius 3 is 2.40 bits per heavy atom. The fourth-order valence-electron chi connectivity index (χ4n) is 2.67. The van der Waals surface area contributed by atoms with Gasteiger partial charge in [-0.1, -0.05) is 17.7 Å². The summed E-state index contributed by atoms with van der Waals surface area (Å²) in [6.45, 7) is 2.29. The number of sulfonamides is 1. The maximum Gasteiger partial charge on any atom is 0.245 e. The molecule has 0 aliphatic carbocycles. The number of rotatable bonds is 4. The van der Waals surface area contributed by atoms with Gasteiger partial charge in [0.15, 0.2) is 11.6 Å². The van der Waals surface area contributed by atoms with Gasteiger partial charge in [0.1, 0.15) is 6.04 Å². The Kier molecular flexibility index (Phi) is 4.57. The van der Waals surface area contributed by atoms with Crippen LogP contribution < -0.4 is 9.62 Å². The molecule has 1 aliphatic rings. The molecule has 1 amide bonds. The zero-order valence-corrected chi connectivity index (χ0v) is 14.2. The van der Waals surface area contributed by atoms with E-state index in [2.05, 4.69) is 4.72 Å². The summed E-state index contributed by atoms with van der Waals surface area (Å²) in [4.78, 5) is 13.6. The first kappa shape index (κ1) is 17.5. The van der Waals surface area contributed by atoms with Crippen molar-refractivity contribution in [1.29, 1.82) is 0 Å². The molecule has 0 unspecified atom stereocenters. The highest BCUT2D eigenvalue weighted by Crippen LogP contribution is 2.23. The molecule has 2 aromatic carbocycles. The molecule has 1 fully saturated rings. The van der Waals surface area contributed by atoms with Crippen LogP contribution in [0.1, 0.15) is 12.0 Å². The molecule has 2 aromatic rings. The maximum atomic E-state index is 13.3. The predicted octanol–water partition coefficient (Wildman–Crippen LogP) is 2.36. The molecule has 1 atom stereocenters. The predicted molar refractivity (Wildman–Crippen MR) is 88.6 cm³/mol. The van der Waals surface area contributed by atoms with Crippen LogP contribution in [0, 0.1) is 18.6 Å². The summed E-state index contributed by atoms with van der Waals surface area (Å²) in [5, 5.41) is 0. The van der Waals surface area contributed by atoms with Gasteiger partial charge in [-0.15, -0.1) is 0 Å². The number of hydrogen-bond acceptors (Lipinski definition) is 3. The van der Waals surface area contributed by atoms with Crippen molar-refractivity contribution in [2.75, 3.05) is 11.4 Å². The minimum atomic E-state index is -4.13. The van der Waals surface area contributed by atoms with Crippen molar-refractivity contribution in [2.24, 2.45) is 0 Å². The van der Waals surface area contributed by atoms with Crippen molar-refractivity contribution in [3.63, 3.8) is 0 Å². The van der Waals surface area contributed by atoms with Crippen LogP contribution in [-0.2, 0) is 14.8 Å². The molecular weight excluding hydrogens is 350 g/mol. The second-order valence-corrected chi connectivity index (χ2v) is 7.58. The summed E-state index contributed by atoms with van der Waals surface area (Å²) < 4.78 is 53.1. The molecule has 8 heteroatoms. The number of carbonyl (C=O) groups is 1. The second-order valence-electron chi connectivity index (χ2n) is 5.86. The van der Waals surface area contributed by atoms with Gasteiger partial charge in [-0.3, -0.25) is 4.79 Å². The van der Waals surface area contributed by atoms with Crippen LogP contribution in [0.25, 0.3) is 0 Å². The molecule has 5 nitrogen and oxygen atoms in total. The Hall–Kier alpha value is -2.32. The molecule has 0 aromatic heterocycles. The quantitative estimate of drug-likeness (QED) is 0.903. The fourth-order valence-corrected chi connectivity index (χ4v) is 3.90. The van der Waals surface area contributed by atoms with Crippen molar-refractivity contribution >= 4 is 21.6 Å². The number of aryl methyl sites for hydroxylation is 1. The molecule has 0 spiro atoms. The zero-order chi connectivity index (χ0) is 18.2. The lowest BCUT2D eigenvalue weighted by Crippen LogP contribution is -2.41. The number of hydrogen-bond donors (Lipinski definition) is 1. The highest BCUT2D eigenvalue weighted by atomic mass is 32.2. The average Bonchev–Trinajstić information content (AvgIpc) is 2.91. The largest absolute Gasteiger partial charge is 0.311 e. The summed E-state index contributed by atoms with van der Waals surface area (Å²) in [6.07, 6.45) is 0.287. The molecule has 0 radical (unpaired) electrons. The topological polar surface area (TPSA) is 66.5 Å². The van der Waals surface area contributed by atoms with Gasteiger partial charge in [0, 0.05) is 12.2 Å². The first-order valence-corrected chi connectivity index (χ1v) is 9.12. The van der Waals surface area contributed by atoms with Gasteiger partial charge >= 0.3 is 0 Å². The van der Waals surface area contributed by atoms with Crippen molar-refractivity contribution in [1.82, 2.24) is 4.72 Å². The summed E-state index contributed by atoms with van der Waals surface area (Å²) in [7, 11) is -4.13. The third-order valence-electron chi connectivity index (χ3n) is 4.05. The standard InChI is InChI=1S/C17H16F2N2O3S/c1-11-2-4-12(5-3-11)21-9-8-16(17(21)22)20-25(23,24)13-6-7-14(18)15(19)10-13/h2-7,10,16,20H,8-9H2,1H3/t16-/m1/s1. The van der Waals surface area contributed by atoms with Gasteiger partial charge in [0.25, 0.3) is 0 Å². The number of amides is 1. The first-order chi connectivity index (χ1) is 11.8. The minimum Gasteiger partial charge on any atom is -0.311 e. The Balaban J connectivity index is 1.78. The number of nitrogens with zero attached hydrogens (tertiary/aromatic N) is 1. The molecule has 1 heterocycles. The van der Waals surface area contributed by atoms with E-state index < -0.39 is 32.6 Å². The maximum absolute atomic E-state index is 13.3. The highest BCUT2D eigenvalue weighted by molar-refractivity contribution is 7.89. The Morgan fingerprint density at radius 2 is 1.76 bits per heavy atom. The molecule has 1 N–H and O–H groups in total. The van der Waals surface area contributed by atoms with Crippen molar-refractivity contribution in [2.45, 2.75) is 24.3 Å². The zero-order valence-electron chi connectivity index (χ0n) is 13.4. The SMILES string of the molecule is Cc1ccc(N2CC[C@@H](NS(=O)(=O)c3ccc(F)c(F)c3)C2=O)cc1. The van der Waals surface area contributed by atoms with Gasteiger partial charge in [-0.05, 0) is 43.7 Å². The Morgan fingerprint density at radius 1 is 1.08 bits per heavy atom. The lowest BCUT2D eigenvalue weighted by molar-refractivity contribution is -0.118. The van der Waals surface area contributed by atoms with Crippen LogP contribution in [-0.4, -0.2) is 26.9 Å². The highest BCUT2D eigenvalue weighted by Gasteiger charge is 2.35. The van der Waals surface area contributed by atoms with Crippen molar-refractivity contribution in [3.05, 3.63) is 59.7 Å². The third-order valence-corrected chi connectivity index (χ3v) is 5.52. The van der Waals surface area contributed by atoms with Crippen LogP contribution in [0.15, 0.2) is 47.4 Å². The number of carbonyl (C=O) groups excluding carboxylic acids is 1. The van der Waals surface area contributed by atoms with Gasteiger partial charge in [-0.2, -0.15) is 4.72 Å². The molecule has 0 bridgehead atoms. The van der Waals surface area contributed by atoms with E-state index in [9.17, 15) is 22.0 Å². The normalized spacial score (nSPS) is 18.0. The minimum absolute atomic E-state index is 0.287. The van der Waals surface area contributed by atoms with E-state index in [0.29, 0.717) is 18.3 Å². The number of nitrogens with one attached hydrogen (secondary N) is 1. The van der Waals surface area contributed by atoms with Crippen molar-refractivity contribution in [3.8, 4) is 0 Å². The van der Waals surface area contributed by atoms with E-state index in [-0.39, 0.29) is 12.3 Å². The Labute approximate surface area is 144 Å². The lowest BCUT2D eigenvalue weighted by Gasteiger charge is -2.17. The van der Waals surface area contributed by atoms with E-state index in [1.165, 1.54) is 4.90 Å². The van der Waals surface area contributed by atoms with Gasteiger partial charge in [0.05, 0.1) is 4.90 Å². The van der Waals surface area contributed by atoms with Gasteiger partial charge < -0.3 is 4.90 Å². The van der Waals surface area contributed by atoms with E-state index >= 15 is 0 Å². The lowest BCUT2D eigenvalue weighted by atomic mass is 10.2. The van der Waals surface area contributed by atoms with Gasteiger partial charge in [-0.25, -0.2) is 17.2 Å². The van der Waals surface area contributed by atoms with Crippen LogP contribution in [0.3, 0.4) is 0 Å². The second kappa shape index (κ2) is 6.53. The summed E-state index contributed by atoms with van der Waals surface area (Å²) in [5.41, 5.74) is 1.73. The molecular formula is C17H16F2N2O3S. The number of halogens is 2. The van der Waals surface area contributed by atoms with Crippen molar-refractivity contribution < 1.29 is 22.0 Å². The molecule has 1 saturated heterocycles. The fraction of sp³-hybridized carbons (Fsp3) is 0.235. The third kappa shape index (κ3) is 3.54. The van der Waals surface area contributed by atoms with Crippen LogP contribution in [0.5, 0.6) is 0 Å². The van der Waals surface area contributed by atoms with E-state index in [0.717, 1.165) is 17.7 Å². The number of anilines is 1. The smallest absolute Gasteiger partial charge is 0.245 e. The van der Waals surface area contributed by atoms with E-state index in [4.69, 9.17) is 0 Å². The summed E-state index contributed by atoms with van der Waals surface area (Å²) in [6, 6.07) is 8.65. The average molecular weight is 366 g/mol. The molecule has 1 aliphatic heterocycles. The van der Waals surface area contributed by atoms with Crippen LogP contribution in [0.2, 0.25) is 0 Å². The first-order valence-electron chi connectivity index (χ1n) is 7.63.